The van der Waals surface area contributed by atoms with Crippen LogP contribution in [0.2, 0.25) is 0 Å². The lowest BCUT2D eigenvalue weighted by Gasteiger charge is -2.08. The molecule has 3 rings (SSSR count). The van der Waals surface area contributed by atoms with Gasteiger partial charge in [-0.3, -0.25) is 4.72 Å². The van der Waals surface area contributed by atoms with Crippen molar-refractivity contribution in [1.29, 1.82) is 0 Å². The summed E-state index contributed by atoms with van der Waals surface area (Å²) >= 11 is 0. The first-order valence-corrected chi connectivity index (χ1v) is 8.47. The van der Waals surface area contributed by atoms with Gasteiger partial charge in [-0.05, 0) is 17.7 Å². The number of hydrogen-bond donors (Lipinski definition) is 1. The van der Waals surface area contributed by atoms with E-state index >= 15 is 0 Å². The third-order valence-corrected chi connectivity index (χ3v) is 4.73. The Bertz CT molecular complexity index is 937. The standard InChI is InChI=1S/C15H14FN5O2S/c1-21-10-17-9-15(21)24(22,23)20-13-7-18-14(19-8-13)6-11-2-4-12(16)5-3-11/h2-5,7-10,20H,6H2,1H3. The number of aromatic nitrogens is 4. The number of halogens is 1. The molecule has 24 heavy (non-hydrogen) atoms. The van der Waals surface area contributed by atoms with E-state index in [1.54, 1.807) is 19.2 Å². The molecule has 0 radical (unpaired) electrons. The minimum Gasteiger partial charge on any atom is -0.323 e. The highest BCUT2D eigenvalue weighted by Gasteiger charge is 2.18. The quantitative estimate of drug-likeness (QED) is 0.759. The van der Waals surface area contributed by atoms with Crippen molar-refractivity contribution in [2.45, 2.75) is 11.4 Å². The summed E-state index contributed by atoms with van der Waals surface area (Å²) in [5, 5.41) is 0.0397. The van der Waals surface area contributed by atoms with Crippen LogP contribution in [0.15, 0.2) is 54.2 Å². The molecule has 2 heterocycles. The largest absolute Gasteiger partial charge is 0.323 e. The fourth-order valence-corrected chi connectivity index (χ4v) is 3.24. The van der Waals surface area contributed by atoms with E-state index in [0.29, 0.717) is 12.2 Å². The Morgan fingerprint density at radius 3 is 2.38 bits per heavy atom. The molecule has 0 saturated carbocycles. The van der Waals surface area contributed by atoms with E-state index < -0.39 is 10.0 Å². The van der Waals surface area contributed by atoms with Crippen molar-refractivity contribution in [2.75, 3.05) is 4.72 Å². The summed E-state index contributed by atoms with van der Waals surface area (Å²) < 4.78 is 41.1. The van der Waals surface area contributed by atoms with Crippen LogP contribution in [0.25, 0.3) is 0 Å². The van der Waals surface area contributed by atoms with Crippen molar-refractivity contribution < 1.29 is 12.8 Å². The summed E-state index contributed by atoms with van der Waals surface area (Å²) in [6, 6.07) is 6.03. The van der Waals surface area contributed by atoms with E-state index in [4.69, 9.17) is 0 Å². The second-order valence-electron chi connectivity index (χ2n) is 5.14. The molecule has 0 unspecified atom stereocenters. The Morgan fingerprint density at radius 1 is 1.12 bits per heavy atom. The minimum atomic E-state index is -3.75. The molecule has 1 N–H and O–H groups in total. The highest BCUT2D eigenvalue weighted by molar-refractivity contribution is 7.92. The summed E-state index contributed by atoms with van der Waals surface area (Å²) in [5.41, 5.74) is 1.11. The molecule has 0 saturated heterocycles. The van der Waals surface area contributed by atoms with Crippen molar-refractivity contribution in [3.8, 4) is 0 Å². The SMILES string of the molecule is Cn1cncc1S(=O)(=O)Nc1cnc(Cc2ccc(F)cc2)nc1. The van der Waals surface area contributed by atoms with E-state index in [1.807, 2.05) is 0 Å². The molecule has 0 amide bonds. The summed E-state index contributed by atoms with van der Waals surface area (Å²) in [4.78, 5) is 12.0. The average molecular weight is 347 g/mol. The highest BCUT2D eigenvalue weighted by atomic mass is 32.2. The third kappa shape index (κ3) is 3.57. The number of benzene rings is 1. The molecule has 0 atom stereocenters. The first kappa shape index (κ1) is 16.1. The molecule has 124 valence electrons. The van der Waals surface area contributed by atoms with Gasteiger partial charge in [-0.15, -0.1) is 0 Å². The number of nitrogens with one attached hydrogen (secondary N) is 1. The Morgan fingerprint density at radius 2 is 1.79 bits per heavy atom. The zero-order valence-electron chi connectivity index (χ0n) is 12.7. The van der Waals surface area contributed by atoms with E-state index in [-0.39, 0.29) is 16.5 Å². The number of rotatable bonds is 5. The molecule has 0 fully saturated rings. The van der Waals surface area contributed by atoms with Gasteiger partial charge in [0.2, 0.25) is 0 Å². The maximum Gasteiger partial charge on any atom is 0.279 e. The van der Waals surface area contributed by atoms with Gasteiger partial charge in [-0.1, -0.05) is 12.1 Å². The lowest BCUT2D eigenvalue weighted by atomic mass is 10.1. The molecular formula is C15H14FN5O2S. The van der Waals surface area contributed by atoms with Crippen LogP contribution in [0.4, 0.5) is 10.1 Å². The number of hydrogen-bond acceptors (Lipinski definition) is 5. The fourth-order valence-electron chi connectivity index (χ4n) is 2.10. The molecule has 2 aromatic heterocycles. The summed E-state index contributed by atoms with van der Waals surface area (Å²) in [7, 11) is -2.16. The molecule has 9 heteroatoms. The monoisotopic (exact) mass is 347 g/mol. The molecular weight excluding hydrogens is 333 g/mol. The van der Waals surface area contributed by atoms with Gasteiger partial charge in [-0.2, -0.15) is 8.42 Å². The van der Waals surface area contributed by atoms with Crippen LogP contribution in [0, 0.1) is 5.82 Å². The molecule has 0 spiro atoms. The molecule has 0 bridgehead atoms. The van der Waals surface area contributed by atoms with Gasteiger partial charge in [0.05, 0.1) is 30.6 Å². The maximum atomic E-state index is 12.9. The summed E-state index contributed by atoms with van der Waals surface area (Å²) in [6.45, 7) is 0. The van der Waals surface area contributed by atoms with E-state index in [0.717, 1.165) is 5.56 Å². The van der Waals surface area contributed by atoms with Crippen molar-refractivity contribution in [3.63, 3.8) is 0 Å². The van der Waals surface area contributed by atoms with Crippen LogP contribution in [-0.4, -0.2) is 27.9 Å². The molecule has 7 nitrogen and oxygen atoms in total. The summed E-state index contributed by atoms with van der Waals surface area (Å²) in [6.07, 6.45) is 5.86. The molecule has 0 aliphatic rings. The van der Waals surface area contributed by atoms with Gasteiger partial charge in [0.1, 0.15) is 11.6 Å². The maximum absolute atomic E-state index is 12.9. The van der Waals surface area contributed by atoms with Crippen molar-refractivity contribution in [1.82, 2.24) is 19.5 Å². The van der Waals surface area contributed by atoms with E-state index in [9.17, 15) is 12.8 Å². The van der Waals surface area contributed by atoms with Gasteiger partial charge in [0.15, 0.2) is 5.03 Å². The van der Waals surface area contributed by atoms with Gasteiger partial charge in [0.25, 0.3) is 10.0 Å². The summed E-state index contributed by atoms with van der Waals surface area (Å²) in [5.74, 6) is 0.199. The van der Waals surface area contributed by atoms with Crippen LogP contribution in [-0.2, 0) is 23.5 Å². The lowest BCUT2D eigenvalue weighted by Crippen LogP contribution is -2.16. The lowest BCUT2D eigenvalue weighted by molar-refractivity contribution is 0.591. The topological polar surface area (TPSA) is 89.8 Å². The van der Waals surface area contributed by atoms with Crippen LogP contribution >= 0.6 is 0 Å². The predicted molar refractivity (Wildman–Crippen MR) is 85.3 cm³/mol. The number of imidazole rings is 1. The molecule has 0 aliphatic heterocycles. The van der Waals surface area contributed by atoms with E-state index in [2.05, 4.69) is 19.7 Å². The van der Waals surface area contributed by atoms with Crippen molar-refractivity contribution in [2.24, 2.45) is 7.05 Å². The van der Waals surface area contributed by atoms with Crippen molar-refractivity contribution >= 4 is 15.7 Å². The van der Waals surface area contributed by atoms with Crippen LogP contribution in [0.3, 0.4) is 0 Å². The number of anilines is 1. The fraction of sp³-hybridized carbons (Fsp3) is 0.133. The zero-order valence-corrected chi connectivity index (χ0v) is 13.5. The third-order valence-electron chi connectivity index (χ3n) is 3.28. The Labute approximate surface area is 138 Å². The van der Waals surface area contributed by atoms with Crippen molar-refractivity contribution in [3.05, 3.63) is 66.4 Å². The van der Waals surface area contributed by atoms with E-state index in [1.165, 1.54) is 41.6 Å². The van der Waals surface area contributed by atoms with Gasteiger partial charge >= 0.3 is 0 Å². The van der Waals surface area contributed by atoms with Gasteiger partial charge in [-0.25, -0.2) is 19.3 Å². The first-order chi connectivity index (χ1) is 11.4. The van der Waals surface area contributed by atoms with Gasteiger partial charge < -0.3 is 4.57 Å². The second-order valence-corrected chi connectivity index (χ2v) is 6.77. The normalized spacial score (nSPS) is 11.4. The number of sulfonamides is 1. The average Bonchev–Trinajstić information content (AvgIpc) is 2.98. The number of nitrogens with zero attached hydrogens (tertiary/aromatic N) is 4. The number of aryl methyl sites for hydroxylation is 1. The molecule has 1 aromatic carbocycles. The Hall–Kier alpha value is -2.81. The molecule has 0 aliphatic carbocycles. The van der Waals surface area contributed by atoms with Crippen LogP contribution in [0.1, 0.15) is 11.4 Å². The van der Waals surface area contributed by atoms with Gasteiger partial charge in [0, 0.05) is 13.5 Å². The first-order valence-electron chi connectivity index (χ1n) is 6.98. The Kier molecular flexibility index (Phi) is 4.26. The van der Waals surface area contributed by atoms with Crippen LogP contribution < -0.4 is 4.72 Å². The smallest absolute Gasteiger partial charge is 0.279 e. The second kappa shape index (κ2) is 6.36. The molecule has 3 aromatic rings. The van der Waals surface area contributed by atoms with Crippen LogP contribution in [0.5, 0.6) is 0 Å². The zero-order chi connectivity index (χ0) is 17.2. The minimum absolute atomic E-state index is 0.0397. The highest BCUT2D eigenvalue weighted by Crippen LogP contribution is 2.14. The predicted octanol–water partition coefficient (Wildman–Crippen LogP) is 1.74. The Balaban J connectivity index is 1.73.